The maximum absolute atomic E-state index is 14.4. The Bertz CT molecular complexity index is 2330. The number of rotatable bonds is 17. The average molecular weight is 831 g/mol. The number of alkyl halides is 3. The number of aryl methyl sites for hydroxylation is 3. The van der Waals surface area contributed by atoms with E-state index in [1.807, 2.05) is 127 Å². The molecule has 0 spiro atoms. The quantitative estimate of drug-likeness (QED) is 0.0981. The molecule has 2 aliphatic rings. The molecule has 1 saturated heterocycles. The van der Waals surface area contributed by atoms with Gasteiger partial charge in [0.2, 0.25) is 5.79 Å². The lowest BCUT2D eigenvalue weighted by atomic mass is 9.84. The number of fused-ring (bicyclic) bond motifs is 1. The van der Waals surface area contributed by atoms with Gasteiger partial charge in [-0.15, -0.1) is 13.2 Å². The SMILES string of the molecule is Cc1cc(OC(F)(F)F)c(C2(O)OC(COCc3ccccc3)C(OCc3ccccc3)C(OCc3ccccc3)C2OCc2ccccc2)cc1Cc1ccc2c(c1)CC2. The van der Waals surface area contributed by atoms with Gasteiger partial charge < -0.3 is 33.5 Å². The molecule has 0 aromatic heterocycles. The molecule has 5 atom stereocenters. The van der Waals surface area contributed by atoms with Crippen LogP contribution in [0.5, 0.6) is 5.75 Å². The van der Waals surface area contributed by atoms with E-state index in [-0.39, 0.29) is 38.6 Å². The van der Waals surface area contributed by atoms with E-state index >= 15 is 0 Å². The molecular weight excluding hydrogens is 782 g/mol. The maximum Gasteiger partial charge on any atom is 0.573 e. The van der Waals surface area contributed by atoms with Gasteiger partial charge in [0, 0.05) is 0 Å². The van der Waals surface area contributed by atoms with E-state index in [2.05, 4.69) is 12.1 Å². The number of hydrogen-bond donors (Lipinski definition) is 1. The molecule has 6 aromatic carbocycles. The van der Waals surface area contributed by atoms with Gasteiger partial charge >= 0.3 is 6.36 Å². The zero-order valence-electron chi connectivity index (χ0n) is 33.9. The van der Waals surface area contributed by atoms with Gasteiger partial charge in [0.15, 0.2) is 0 Å². The predicted octanol–water partition coefficient (Wildman–Crippen LogP) is 10.1. The summed E-state index contributed by atoms with van der Waals surface area (Å²) in [7, 11) is 0. The molecule has 1 aliphatic carbocycles. The first kappa shape index (κ1) is 42.4. The third kappa shape index (κ3) is 10.6. The molecule has 61 heavy (non-hydrogen) atoms. The van der Waals surface area contributed by atoms with Crippen molar-refractivity contribution in [2.24, 2.45) is 0 Å². The van der Waals surface area contributed by atoms with Crippen LogP contribution in [0, 0.1) is 6.92 Å². The lowest BCUT2D eigenvalue weighted by molar-refractivity contribution is -0.379. The Morgan fingerprint density at radius 1 is 0.607 bits per heavy atom. The van der Waals surface area contributed by atoms with Crippen molar-refractivity contribution >= 4 is 0 Å². The second kappa shape index (κ2) is 19.2. The Hall–Kier alpha value is -5.33. The summed E-state index contributed by atoms with van der Waals surface area (Å²) < 4.78 is 81.3. The van der Waals surface area contributed by atoms with Crippen molar-refractivity contribution in [3.05, 3.63) is 207 Å². The van der Waals surface area contributed by atoms with Gasteiger partial charge in [-0.05, 0) is 88.4 Å². The fraction of sp³-hybridized carbons (Fsp3) is 0.294. The zero-order valence-corrected chi connectivity index (χ0v) is 33.9. The van der Waals surface area contributed by atoms with Crippen LogP contribution in [-0.4, -0.2) is 42.5 Å². The highest BCUT2D eigenvalue weighted by Gasteiger charge is 2.59. The predicted molar refractivity (Wildman–Crippen MR) is 224 cm³/mol. The van der Waals surface area contributed by atoms with Crippen LogP contribution in [0.2, 0.25) is 0 Å². The van der Waals surface area contributed by atoms with Gasteiger partial charge in [-0.1, -0.05) is 140 Å². The molecule has 1 fully saturated rings. The molecule has 7 nitrogen and oxygen atoms in total. The molecule has 1 aliphatic heterocycles. The highest BCUT2D eigenvalue weighted by molar-refractivity contribution is 5.48. The van der Waals surface area contributed by atoms with E-state index in [0.29, 0.717) is 17.5 Å². The Labute approximate surface area is 354 Å². The Balaban J connectivity index is 1.25. The standard InChI is InChI=1S/C51H49F3O7/c1-35-26-45(61-51(52,53)54)44(29-43(35)28-40-22-23-41-24-25-42(41)27-40)50(55)49(59-33-39-20-12-5-13-21-39)48(58-32-38-18-10-4-11-19-38)47(57-31-37-16-8-3-9-17-37)46(60-50)34-56-30-36-14-6-2-7-15-36/h2-23,26-27,29,46-49,55H,24-25,28,30-34H2,1H3. The molecule has 10 heteroatoms. The van der Waals surface area contributed by atoms with E-state index in [0.717, 1.165) is 40.7 Å². The summed E-state index contributed by atoms with van der Waals surface area (Å²) in [6, 6.07) is 47.1. The molecule has 0 bridgehead atoms. The number of benzene rings is 6. The summed E-state index contributed by atoms with van der Waals surface area (Å²) in [5, 5.41) is 13.4. The Morgan fingerprint density at radius 3 is 1.66 bits per heavy atom. The summed E-state index contributed by atoms with van der Waals surface area (Å²) in [5.41, 5.74) is 7.89. The van der Waals surface area contributed by atoms with Crippen molar-refractivity contribution in [2.75, 3.05) is 6.61 Å². The minimum atomic E-state index is -5.10. The van der Waals surface area contributed by atoms with Crippen molar-refractivity contribution in [3.63, 3.8) is 0 Å². The minimum Gasteiger partial charge on any atom is -0.405 e. The third-order valence-corrected chi connectivity index (χ3v) is 11.3. The van der Waals surface area contributed by atoms with E-state index in [9.17, 15) is 18.3 Å². The van der Waals surface area contributed by atoms with Crippen LogP contribution in [0.3, 0.4) is 0 Å². The fourth-order valence-corrected chi connectivity index (χ4v) is 8.05. The molecule has 1 N–H and O–H groups in total. The Morgan fingerprint density at radius 2 is 1.13 bits per heavy atom. The van der Waals surface area contributed by atoms with Crippen LogP contribution in [-0.2, 0) is 75.2 Å². The second-order valence-corrected chi connectivity index (χ2v) is 15.7. The molecule has 0 amide bonds. The minimum absolute atomic E-state index is 0.0355. The smallest absolute Gasteiger partial charge is 0.405 e. The zero-order chi connectivity index (χ0) is 42.2. The monoisotopic (exact) mass is 830 g/mol. The summed E-state index contributed by atoms with van der Waals surface area (Å²) in [5.74, 6) is -3.20. The van der Waals surface area contributed by atoms with Crippen molar-refractivity contribution in [1.29, 1.82) is 0 Å². The largest absolute Gasteiger partial charge is 0.573 e. The fourth-order valence-electron chi connectivity index (χ4n) is 8.05. The van der Waals surface area contributed by atoms with E-state index < -0.39 is 42.3 Å². The van der Waals surface area contributed by atoms with Gasteiger partial charge in [-0.25, -0.2) is 0 Å². The summed E-state index contributed by atoms with van der Waals surface area (Å²) in [6.45, 7) is 1.99. The molecule has 0 radical (unpaired) electrons. The van der Waals surface area contributed by atoms with Crippen molar-refractivity contribution in [2.45, 2.75) is 89.2 Å². The average Bonchev–Trinajstić information content (AvgIpc) is 3.25. The van der Waals surface area contributed by atoms with Crippen LogP contribution >= 0.6 is 0 Å². The number of ether oxygens (including phenoxy) is 6. The molecule has 6 aromatic rings. The normalized spacial score (nSPS) is 21.1. The van der Waals surface area contributed by atoms with Crippen LogP contribution in [0.25, 0.3) is 0 Å². The summed E-state index contributed by atoms with van der Waals surface area (Å²) in [4.78, 5) is 0. The van der Waals surface area contributed by atoms with Crippen molar-refractivity contribution < 1.29 is 46.7 Å². The first-order chi connectivity index (χ1) is 29.6. The van der Waals surface area contributed by atoms with Gasteiger partial charge in [-0.2, -0.15) is 0 Å². The first-order valence-electron chi connectivity index (χ1n) is 20.6. The van der Waals surface area contributed by atoms with E-state index in [1.165, 1.54) is 17.2 Å². The van der Waals surface area contributed by atoms with Gasteiger partial charge in [0.1, 0.15) is 30.2 Å². The third-order valence-electron chi connectivity index (χ3n) is 11.3. The number of aliphatic hydroxyl groups is 1. The van der Waals surface area contributed by atoms with Crippen molar-refractivity contribution in [3.8, 4) is 5.75 Å². The molecule has 8 rings (SSSR count). The summed E-state index contributed by atoms with van der Waals surface area (Å²) in [6.07, 6.45) is -7.30. The number of hydrogen-bond acceptors (Lipinski definition) is 7. The summed E-state index contributed by atoms with van der Waals surface area (Å²) >= 11 is 0. The van der Waals surface area contributed by atoms with Crippen LogP contribution in [0.1, 0.15) is 55.6 Å². The Kier molecular flexibility index (Phi) is 13.3. The van der Waals surface area contributed by atoms with Gasteiger partial charge in [0.05, 0.1) is 38.6 Å². The van der Waals surface area contributed by atoms with Crippen LogP contribution in [0.15, 0.2) is 152 Å². The highest BCUT2D eigenvalue weighted by atomic mass is 19.4. The lowest BCUT2D eigenvalue weighted by Gasteiger charge is -2.50. The molecular formula is C51H49F3O7. The second-order valence-electron chi connectivity index (χ2n) is 15.7. The molecule has 1 heterocycles. The van der Waals surface area contributed by atoms with Crippen LogP contribution in [0.4, 0.5) is 13.2 Å². The molecule has 316 valence electrons. The van der Waals surface area contributed by atoms with Gasteiger partial charge in [-0.3, -0.25) is 0 Å². The first-order valence-corrected chi connectivity index (χ1v) is 20.6. The van der Waals surface area contributed by atoms with Crippen molar-refractivity contribution in [1.82, 2.24) is 0 Å². The molecule has 0 saturated carbocycles. The maximum atomic E-state index is 14.4. The topological polar surface area (TPSA) is 75.6 Å². The lowest BCUT2D eigenvalue weighted by Crippen LogP contribution is -2.65. The molecule has 5 unspecified atom stereocenters. The van der Waals surface area contributed by atoms with Crippen LogP contribution < -0.4 is 4.74 Å². The highest BCUT2D eigenvalue weighted by Crippen LogP contribution is 2.46. The van der Waals surface area contributed by atoms with Gasteiger partial charge in [0.25, 0.3) is 0 Å². The van der Waals surface area contributed by atoms with E-state index in [4.69, 9.17) is 28.4 Å². The number of halogens is 3. The van der Waals surface area contributed by atoms with E-state index in [1.54, 1.807) is 13.0 Å².